The number of carbonyl (C=O) groups is 1. The number of nitrogens with zero attached hydrogens (tertiary/aromatic N) is 1. The third kappa shape index (κ3) is 3.48. The molecule has 1 heterocycles. The lowest BCUT2D eigenvalue weighted by atomic mass is 10.1. The van der Waals surface area contributed by atoms with Gasteiger partial charge in [-0.25, -0.2) is 4.79 Å². The van der Waals surface area contributed by atoms with Crippen molar-refractivity contribution in [3.8, 4) is 0 Å². The molecule has 0 bridgehead atoms. The van der Waals surface area contributed by atoms with Crippen molar-refractivity contribution in [1.29, 1.82) is 0 Å². The average Bonchev–Trinajstić information content (AvgIpc) is 2.82. The summed E-state index contributed by atoms with van der Waals surface area (Å²) >= 11 is 0. The maximum Gasteiger partial charge on any atom is 0.317 e. The zero-order valence-corrected chi connectivity index (χ0v) is 10.4. The Balaban J connectivity index is 1.73. The molecule has 0 aromatic heterocycles. The number of hydrogen-bond donors (Lipinski definition) is 1. The average molecular weight is 232 g/mol. The summed E-state index contributed by atoms with van der Waals surface area (Å²) in [5.41, 5.74) is 2.56. The molecule has 1 aromatic rings. The Kier molecular flexibility index (Phi) is 4.02. The van der Waals surface area contributed by atoms with Crippen LogP contribution in [0.25, 0.3) is 0 Å². The molecule has 1 aliphatic rings. The Morgan fingerprint density at radius 3 is 2.82 bits per heavy atom. The summed E-state index contributed by atoms with van der Waals surface area (Å²) in [6.45, 7) is 4.64. The number of carbonyl (C=O) groups excluding carboxylic acids is 1. The first-order chi connectivity index (χ1) is 8.25. The Morgan fingerprint density at radius 2 is 2.12 bits per heavy atom. The predicted octanol–water partition coefficient (Wildman–Crippen LogP) is 2.34. The molecule has 0 atom stereocenters. The van der Waals surface area contributed by atoms with Crippen LogP contribution in [-0.4, -0.2) is 30.6 Å². The van der Waals surface area contributed by atoms with Gasteiger partial charge in [-0.1, -0.05) is 29.8 Å². The van der Waals surface area contributed by atoms with Crippen molar-refractivity contribution in [1.82, 2.24) is 10.2 Å². The molecule has 0 spiro atoms. The number of benzene rings is 1. The summed E-state index contributed by atoms with van der Waals surface area (Å²) in [7, 11) is 0. The quantitative estimate of drug-likeness (QED) is 0.852. The minimum Gasteiger partial charge on any atom is -0.338 e. The molecule has 2 rings (SSSR count). The summed E-state index contributed by atoms with van der Waals surface area (Å²) < 4.78 is 0. The van der Waals surface area contributed by atoms with E-state index in [2.05, 4.69) is 36.5 Å². The number of likely N-dealkylation sites (tertiary alicyclic amines) is 1. The van der Waals surface area contributed by atoms with E-state index in [0.29, 0.717) is 0 Å². The number of hydrogen-bond acceptors (Lipinski definition) is 1. The van der Waals surface area contributed by atoms with Crippen LogP contribution in [0.1, 0.15) is 24.0 Å². The highest BCUT2D eigenvalue weighted by Gasteiger charge is 2.16. The zero-order valence-electron chi connectivity index (χ0n) is 10.4. The summed E-state index contributed by atoms with van der Waals surface area (Å²) in [6.07, 6.45) is 3.19. The first kappa shape index (κ1) is 12.0. The van der Waals surface area contributed by atoms with Crippen LogP contribution in [0.2, 0.25) is 0 Å². The summed E-state index contributed by atoms with van der Waals surface area (Å²) in [4.78, 5) is 13.6. The van der Waals surface area contributed by atoms with Crippen molar-refractivity contribution in [3.63, 3.8) is 0 Å². The van der Waals surface area contributed by atoms with Gasteiger partial charge in [0.15, 0.2) is 0 Å². The molecule has 17 heavy (non-hydrogen) atoms. The first-order valence-electron chi connectivity index (χ1n) is 6.34. The van der Waals surface area contributed by atoms with Crippen molar-refractivity contribution in [3.05, 3.63) is 35.4 Å². The molecule has 1 aliphatic heterocycles. The molecule has 1 N–H and O–H groups in total. The van der Waals surface area contributed by atoms with Crippen molar-refractivity contribution in [2.45, 2.75) is 26.2 Å². The summed E-state index contributed by atoms with van der Waals surface area (Å²) in [6, 6.07) is 8.52. The fraction of sp³-hybridized carbons (Fsp3) is 0.500. The fourth-order valence-corrected chi connectivity index (χ4v) is 2.21. The molecular weight excluding hydrogens is 212 g/mol. The molecule has 0 saturated carbocycles. The van der Waals surface area contributed by atoms with Crippen LogP contribution in [0.15, 0.2) is 24.3 Å². The van der Waals surface area contributed by atoms with Gasteiger partial charge in [0.25, 0.3) is 0 Å². The highest BCUT2D eigenvalue weighted by Crippen LogP contribution is 2.07. The van der Waals surface area contributed by atoms with E-state index in [-0.39, 0.29) is 6.03 Å². The van der Waals surface area contributed by atoms with Crippen LogP contribution in [0, 0.1) is 6.92 Å². The molecule has 0 aliphatic carbocycles. The Hall–Kier alpha value is -1.51. The number of aryl methyl sites for hydroxylation is 1. The van der Waals surface area contributed by atoms with Gasteiger partial charge in [-0.2, -0.15) is 0 Å². The SMILES string of the molecule is Cc1cccc(CCNC(=O)N2CCCC2)c1. The van der Waals surface area contributed by atoms with Gasteiger partial charge in [0.2, 0.25) is 0 Å². The lowest BCUT2D eigenvalue weighted by Crippen LogP contribution is -2.38. The maximum absolute atomic E-state index is 11.7. The number of amides is 2. The smallest absolute Gasteiger partial charge is 0.317 e. The molecule has 1 fully saturated rings. The van der Waals surface area contributed by atoms with E-state index in [1.807, 2.05) is 4.90 Å². The van der Waals surface area contributed by atoms with Gasteiger partial charge in [-0.3, -0.25) is 0 Å². The number of nitrogens with one attached hydrogen (secondary N) is 1. The van der Waals surface area contributed by atoms with Gasteiger partial charge in [0.1, 0.15) is 0 Å². The minimum atomic E-state index is 0.0927. The Labute approximate surface area is 103 Å². The molecule has 0 unspecified atom stereocenters. The van der Waals surface area contributed by atoms with Crippen LogP contribution >= 0.6 is 0 Å². The largest absolute Gasteiger partial charge is 0.338 e. The van der Waals surface area contributed by atoms with E-state index in [4.69, 9.17) is 0 Å². The maximum atomic E-state index is 11.7. The first-order valence-corrected chi connectivity index (χ1v) is 6.34. The number of urea groups is 1. The highest BCUT2D eigenvalue weighted by atomic mass is 16.2. The highest BCUT2D eigenvalue weighted by molar-refractivity contribution is 5.74. The molecular formula is C14H20N2O. The van der Waals surface area contributed by atoms with Gasteiger partial charge < -0.3 is 10.2 Å². The molecule has 0 radical (unpaired) electrons. The third-order valence-electron chi connectivity index (χ3n) is 3.17. The predicted molar refractivity (Wildman–Crippen MR) is 69.1 cm³/mol. The number of rotatable bonds is 3. The van der Waals surface area contributed by atoms with Gasteiger partial charge in [-0.15, -0.1) is 0 Å². The molecule has 2 amide bonds. The molecule has 3 nitrogen and oxygen atoms in total. The van der Waals surface area contributed by atoms with Gasteiger partial charge in [0, 0.05) is 19.6 Å². The fourth-order valence-electron chi connectivity index (χ4n) is 2.21. The van der Waals surface area contributed by atoms with E-state index in [9.17, 15) is 4.79 Å². The van der Waals surface area contributed by atoms with Crippen LogP contribution < -0.4 is 5.32 Å². The second-order valence-electron chi connectivity index (χ2n) is 4.67. The lowest BCUT2D eigenvalue weighted by Gasteiger charge is -2.16. The van der Waals surface area contributed by atoms with Crippen molar-refractivity contribution >= 4 is 6.03 Å². The second-order valence-corrected chi connectivity index (χ2v) is 4.67. The normalized spacial score (nSPS) is 15.0. The van der Waals surface area contributed by atoms with E-state index in [0.717, 1.165) is 38.9 Å². The Morgan fingerprint density at radius 1 is 1.35 bits per heavy atom. The second kappa shape index (κ2) is 5.71. The van der Waals surface area contributed by atoms with Crippen LogP contribution in [0.4, 0.5) is 4.79 Å². The molecule has 3 heteroatoms. The van der Waals surface area contributed by atoms with Gasteiger partial charge >= 0.3 is 6.03 Å². The Bertz CT molecular complexity index is 384. The van der Waals surface area contributed by atoms with E-state index in [1.54, 1.807) is 0 Å². The third-order valence-corrected chi connectivity index (χ3v) is 3.17. The summed E-state index contributed by atoms with van der Waals surface area (Å²) in [5.74, 6) is 0. The van der Waals surface area contributed by atoms with E-state index in [1.165, 1.54) is 11.1 Å². The van der Waals surface area contributed by atoms with Crippen LogP contribution in [-0.2, 0) is 6.42 Å². The van der Waals surface area contributed by atoms with Crippen molar-refractivity contribution in [2.75, 3.05) is 19.6 Å². The molecule has 1 aromatic carbocycles. The van der Waals surface area contributed by atoms with Crippen molar-refractivity contribution < 1.29 is 4.79 Å². The van der Waals surface area contributed by atoms with Crippen LogP contribution in [0.5, 0.6) is 0 Å². The van der Waals surface area contributed by atoms with Gasteiger partial charge in [0.05, 0.1) is 0 Å². The zero-order chi connectivity index (χ0) is 12.1. The standard InChI is InChI=1S/C14H20N2O/c1-12-5-4-6-13(11-12)7-8-15-14(17)16-9-2-3-10-16/h4-6,11H,2-3,7-10H2,1H3,(H,15,17). The molecule has 92 valence electrons. The topological polar surface area (TPSA) is 32.3 Å². The van der Waals surface area contributed by atoms with Gasteiger partial charge in [-0.05, 0) is 31.7 Å². The summed E-state index contributed by atoms with van der Waals surface area (Å²) in [5, 5.41) is 2.98. The van der Waals surface area contributed by atoms with Crippen molar-refractivity contribution in [2.24, 2.45) is 0 Å². The van der Waals surface area contributed by atoms with E-state index < -0.39 is 0 Å². The van der Waals surface area contributed by atoms with E-state index >= 15 is 0 Å². The molecule has 1 saturated heterocycles. The minimum absolute atomic E-state index is 0.0927. The lowest BCUT2D eigenvalue weighted by molar-refractivity contribution is 0.209. The monoisotopic (exact) mass is 232 g/mol. The van der Waals surface area contributed by atoms with Crippen LogP contribution in [0.3, 0.4) is 0 Å².